The Kier molecular flexibility index (Phi) is 6.03. The molecule has 2 nitrogen and oxygen atoms in total. The van der Waals surface area contributed by atoms with Crippen molar-refractivity contribution in [3.05, 3.63) is 30.1 Å². The van der Waals surface area contributed by atoms with Crippen molar-refractivity contribution in [2.24, 2.45) is 5.41 Å². The molecule has 1 aromatic heterocycles. The zero-order chi connectivity index (χ0) is 13.4. The summed E-state index contributed by atoms with van der Waals surface area (Å²) in [5, 5.41) is 0. The molecule has 0 atom stereocenters. The summed E-state index contributed by atoms with van der Waals surface area (Å²) in [6.07, 6.45) is 10.6. The van der Waals surface area contributed by atoms with Crippen molar-refractivity contribution < 1.29 is 4.79 Å². The van der Waals surface area contributed by atoms with Crippen LogP contribution in [-0.2, 0) is 0 Å². The van der Waals surface area contributed by atoms with E-state index in [-0.39, 0.29) is 11.2 Å². The maximum absolute atomic E-state index is 12.3. The molecule has 0 bridgehead atoms. The van der Waals surface area contributed by atoms with E-state index >= 15 is 0 Å². The van der Waals surface area contributed by atoms with Crippen molar-refractivity contribution in [3.63, 3.8) is 0 Å². The lowest BCUT2D eigenvalue weighted by molar-refractivity contribution is 0.0822. The Morgan fingerprint density at radius 1 is 1.22 bits per heavy atom. The summed E-state index contributed by atoms with van der Waals surface area (Å²) >= 11 is 0. The molecule has 0 N–H and O–H groups in total. The lowest BCUT2D eigenvalue weighted by Gasteiger charge is -2.22. The lowest BCUT2D eigenvalue weighted by Crippen LogP contribution is -2.24. The number of Topliss-reactive ketones (excluding diaryl/α,β-unsaturated/α-hetero) is 1. The number of carbonyl (C=O) groups is 1. The second kappa shape index (κ2) is 7.30. The Labute approximate surface area is 111 Å². The van der Waals surface area contributed by atoms with Crippen molar-refractivity contribution in [1.82, 2.24) is 4.98 Å². The average molecular weight is 247 g/mol. The summed E-state index contributed by atoms with van der Waals surface area (Å²) in [6, 6.07) is 3.68. The number of hydrogen-bond acceptors (Lipinski definition) is 2. The molecular formula is C16H25NO. The van der Waals surface area contributed by atoms with Crippen molar-refractivity contribution in [3.8, 4) is 0 Å². The lowest BCUT2D eigenvalue weighted by atomic mass is 9.80. The van der Waals surface area contributed by atoms with Gasteiger partial charge < -0.3 is 0 Å². The number of hydrogen-bond donors (Lipinski definition) is 0. The molecule has 0 aromatic carbocycles. The van der Waals surface area contributed by atoms with E-state index in [2.05, 4.69) is 11.9 Å². The monoisotopic (exact) mass is 247 g/mol. The number of aromatic nitrogens is 1. The molecule has 2 heteroatoms. The van der Waals surface area contributed by atoms with Crippen molar-refractivity contribution in [2.45, 2.75) is 59.3 Å². The van der Waals surface area contributed by atoms with Crippen LogP contribution in [0.1, 0.15) is 69.7 Å². The molecule has 1 rings (SSSR count). The first-order chi connectivity index (χ1) is 8.58. The summed E-state index contributed by atoms with van der Waals surface area (Å²) in [5.41, 5.74) is 0.464. The summed E-state index contributed by atoms with van der Waals surface area (Å²) < 4.78 is 0. The summed E-state index contributed by atoms with van der Waals surface area (Å²) in [5.74, 6) is 0.214. The molecular weight excluding hydrogens is 222 g/mol. The van der Waals surface area contributed by atoms with E-state index in [0.29, 0.717) is 0 Å². The highest BCUT2D eigenvalue weighted by atomic mass is 16.1. The van der Waals surface area contributed by atoms with E-state index in [4.69, 9.17) is 0 Å². The second-order valence-corrected chi connectivity index (χ2v) is 5.62. The van der Waals surface area contributed by atoms with Crippen LogP contribution < -0.4 is 0 Å². The molecule has 0 amide bonds. The van der Waals surface area contributed by atoms with Crippen LogP contribution in [0.15, 0.2) is 24.5 Å². The van der Waals surface area contributed by atoms with E-state index in [1.807, 2.05) is 26.0 Å². The van der Waals surface area contributed by atoms with Gasteiger partial charge in [-0.1, -0.05) is 52.9 Å². The van der Waals surface area contributed by atoms with Gasteiger partial charge in [0.05, 0.1) is 0 Å². The van der Waals surface area contributed by atoms with E-state index in [0.717, 1.165) is 18.4 Å². The van der Waals surface area contributed by atoms with Crippen LogP contribution in [0.25, 0.3) is 0 Å². The Bertz CT molecular complexity index is 357. The third-order valence-corrected chi connectivity index (χ3v) is 3.44. The fourth-order valence-electron chi connectivity index (χ4n) is 2.17. The van der Waals surface area contributed by atoms with Crippen LogP contribution in [0.5, 0.6) is 0 Å². The van der Waals surface area contributed by atoms with Gasteiger partial charge >= 0.3 is 0 Å². The number of pyridine rings is 1. The number of nitrogens with zero attached hydrogens (tertiary/aromatic N) is 1. The smallest absolute Gasteiger partial charge is 0.169 e. The van der Waals surface area contributed by atoms with Gasteiger partial charge in [-0.15, -0.1) is 0 Å². The molecule has 0 saturated heterocycles. The quantitative estimate of drug-likeness (QED) is 0.494. The van der Waals surface area contributed by atoms with Gasteiger partial charge in [-0.25, -0.2) is 0 Å². The molecule has 100 valence electrons. The Morgan fingerprint density at radius 3 is 2.56 bits per heavy atom. The molecule has 0 saturated carbocycles. The number of unbranched alkanes of at least 4 members (excludes halogenated alkanes) is 4. The Balaban J connectivity index is 2.45. The predicted molar refractivity (Wildman–Crippen MR) is 75.7 cm³/mol. The zero-order valence-electron chi connectivity index (χ0n) is 11.9. The first-order valence-corrected chi connectivity index (χ1v) is 7.03. The molecule has 0 spiro atoms. The standard InChI is InChI=1S/C16H25NO/c1-4-5-6-7-8-11-16(2,3)15(18)14-10-9-12-17-13-14/h9-10,12-13H,4-8,11H2,1-3H3. The fourth-order valence-corrected chi connectivity index (χ4v) is 2.17. The molecule has 0 fully saturated rings. The van der Waals surface area contributed by atoms with E-state index < -0.39 is 0 Å². The SMILES string of the molecule is CCCCCCCC(C)(C)C(=O)c1cccnc1. The molecule has 0 aliphatic heterocycles. The molecule has 0 aliphatic carbocycles. The van der Waals surface area contributed by atoms with Gasteiger partial charge in [0, 0.05) is 23.4 Å². The largest absolute Gasteiger partial charge is 0.294 e. The third kappa shape index (κ3) is 4.59. The highest BCUT2D eigenvalue weighted by Crippen LogP contribution is 2.28. The molecule has 1 aromatic rings. The molecule has 1 heterocycles. The number of ketones is 1. The van der Waals surface area contributed by atoms with Crippen LogP contribution in [0.4, 0.5) is 0 Å². The number of rotatable bonds is 8. The first-order valence-electron chi connectivity index (χ1n) is 7.03. The maximum atomic E-state index is 12.3. The second-order valence-electron chi connectivity index (χ2n) is 5.62. The fraction of sp³-hybridized carbons (Fsp3) is 0.625. The third-order valence-electron chi connectivity index (χ3n) is 3.44. The van der Waals surface area contributed by atoms with Crippen molar-refractivity contribution in [2.75, 3.05) is 0 Å². The summed E-state index contributed by atoms with van der Waals surface area (Å²) in [7, 11) is 0. The topological polar surface area (TPSA) is 30.0 Å². The molecule has 0 radical (unpaired) electrons. The van der Waals surface area contributed by atoms with Crippen LogP contribution >= 0.6 is 0 Å². The minimum Gasteiger partial charge on any atom is -0.294 e. The van der Waals surface area contributed by atoms with E-state index in [1.54, 1.807) is 12.4 Å². The minimum absolute atomic E-state index is 0.214. The van der Waals surface area contributed by atoms with Crippen LogP contribution in [0.2, 0.25) is 0 Å². The zero-order valence-corrected chi connectivity index (χ0v) is 11.9. The predicted octanol–water partition coefficient (Wildman–Crippen LogP) is 4.65. The van der Waals surface area contributed by atoms with Gasteiger partial charge in [-0.3, -0.25) is 9.78 Å². The Morgan fingerprint density at radius 2 is 1.94 bits per heavy atom. The normalized spacial score (nSPS) is 11.5. The van der Waals surface area contributed by atoms with Crippen molar-refractivity contribution >= 4 is 5.78 Å². The van der Waals surface area contributed by atoms with Gasteiger partial charge in [0.2, 0.25) is 0 Å². The highest BCUT2D eigenvalue weighted by molar-refractivity contribution is 5.99. The van der Waals surface area contributed by atoms with Crippen LogP contribution in [0.3, 0.4) is 0 Å². The van der Waals surface area contributed by atoms with Gasteiger partial charge in [0.1, 0.15) is 0 Å². The van der Waals surface area contributed by atoms with E-state index in [1.165, 1.54) is 25.7 Å². The first kappa shape index (κ1) is 14.9. The van der Waals surface area contributed by atoms with Gasteiger partial charge in [-0.05, 0) is 18.6 Å². The number of carbonyl (C=O) groups excluding carboxylic acids is 1. The van der Waals surface area contributed by atoms with Crippen LogP contribution in [-0.4, -0.2) is 10.8 Å². The van der Waals surface area contributed by atoms with E-state index in [9.17, 15) is 4.79 Å². The summed E-state index contributed by atoms with van der Waals surface area (Å²) in [4.78, 5) is 16.4. The minimum atomic E-state index is -0.269. The summed E-state index contributed by atoms with van der Waals surface area (Å²) in [6.45, 7) is 6.31. The average Bonchev–Trinajstić information content (AvgIpc) is 2.38. The van der Waals surface area contributed by atoms with Gasteiger partial charge in [-0.2, -0.15) is 0 Å². The van der Waals surface area contributed by atoms with Gasteiger partial charge in [0.25, 0.3) is 0 Å². The molecule has 18 heavy (non-hydrogen) atoms. The molecule has 0 unspecified atom stereocenters. The Hall–Kier alpha value is -1.18. The maximum Gasteiger partial charge on any atom is 0.169 e. The van der Waals surface area contributed by atoms with Gasteiger partial charge in [0.15, 0.2) is 5.78 Å². The van der Waals surface area contributed by atoms with Crippen LogP contribution in [0, 0.1) is 5.41 Å². The van der Waals surface area contributed by atoms with Crippen molar-refractivity contribution in [1.29, 1.82) is 0 Å². The highest BCUT2D eigenvalue weighted by Gasteiger charge is 2.27. The molecule has 0 aliphatic rings.